The van der Waals surface area contributed by atoms with Gasteiger partial charge in [-0.25, -0.2) is 0 Å². The molecule has 21 heavy (non-hydrogen) atoms. The van der Waals surface area contributed by atoms with E-state index in [4.69, 9.17) is 16.3 Å². The van der Waals surface area contributed by atoms with E-state index in [0.717, 1.165) is 29.9 Å². The van der Waals surface area contributed by atoms with Gasteiger partial charge >= 0.3 is 0 Å². The second kappa shape index (κ2) is 7.81. The SMILES string of the molecule is CCOc1ccc(C(NC)c2ccc(I)c(Cl)c2)c(Br)c1. The van der Waals surface area contributed by atoms with Gasteiger partial charge in [-0.15, -0.1) is 0 Å². The maximum Gasteiger partial charge on any atom is 0.120 e. The fourth-order valence-electron chi connectivity index (χ4n) is 2.19. The maximum atomic E-state index is 6.24. The van der Waals surface area contributed by atoms with Gasteiger partial charge in [0.25, 0.3) is 0 Å². The molecule has 0 aliphatic carbocycles. The van der Waals surface area contributed by atoms with Crippen LogP contribution >= 0.6 is 50.1 Å². The summed E-state index contributed by atoms with van der Waals surface area (Å²) in [5.41, 5.74) is 2.28. The molecule has 0 bridgehead atoms. The van der Waals surface area contributed by atoms with Gasteiger partial charge in [-0.1, -0.05) is 39.7 Å². The van der Waals surface area contributed by atoms with E-state index in [1.165, 1.54) is 0 Å². The topological polar surface area (TPSA) is 21.3 Å². The normalized spacial score (nSPS) is 12.2. The molecule has 0 aromatic heterocycles. The Morgan fingerprint density at radius 2 is 2.05 bits per heavy atom. The van der Waals surface area contributed by atoms with Gasteiger partial charge in [-0.05, 0) is 72.0 Å². The summed E-state index contributed by atoms with van der Waals surface area (Å²) < 4.78 is 7.59. The van der Waals surface area contributed by atoms with Crippen LogP contribution in [-0.2, 0) is 0 Å². The van der Waals surface area contributed by atoms with E-state index in [9.17, 15) is 0 Å². The lowest BCUT2D eigenvalue weighted by atomic mass is 9.99. The lowest BCUT2D eigenvalue weighted by Gasteiger charge is -2.20. The van der Waals surface area contributed by atoms with E-state index in [0.29, 0.717) is 6.61 Å². The number of nitrogens with one attached hydrogen (secondary N) is 1. The van der Waals surface area contributed by atoms with E-state index in [-0.39, 0.29) is 6.04 Å². The predicted octanol–water partition coefficient (Wildman–Crippen LogP) is 5.41. The highest BCUT2D eigenvalue weighted by Crippen LogP contribution is 2.33. The molecule has 1 unspecified atom stereocenters. The molecule has 0 aliphatic rings. The largest absolute Gasteiger partial charge is 0.494 e. The highest BCUT2D eigenvalue weighted by molar-refractivity contribution is 14.1. The summed E-state index contributed by atoms with van der Waals surface area (Å²) in [6, 6.07) is 12.3. The number of rotatable bonds is 5. The molecular formula is C16H16BrClINO. The first kappa shape index (κ1) is 17.1. The van der Waals surface area contributed by atoms with Gasteiger partial charge in [0.15, 0.2) is 0 Å². The molecule has 1 N–H and O–H groups in total. The molecule has 2 nitrogen and oxygen atoms in total. The number of halogens is 3. The first-order valence-corrected chi connectivity index (χ1v) is 8.86. The van der Waals surface area contributed by atoms with Crippen LogP contribution in [0.5, 0.6) is 5.75 Å². The van der Waals surface area contributed by atoms with Crippen LogP contribution in [0.15, 0.2) is 40.9 Å². The molecular weight excluding hydrogens is 464 g/mol. The van der Waals surface area contributed by atoms with Crippen molar-refractivity contribution >= 4 is 50.1 Å². The molecule has 0 aliphatic heterocycles. The van der Waals surface area contributed by atoms with Crippen LogP contribution in [0.4, 0.5) is 0 Å². The smallest absolute Gasteiger partial charge is 0.120 e. The predicted molar refractivity (Wildman–Crippen MR) is 100 cm³/mol. The average molecular weight is 481 g/mol. The van der Waals surface area contributed by atoms with Crippen LogP contribution in [0.2, 0.25) is 5.02 Å². The Bertz CT molecular complexity index is 636. The average Bonchev–Trinajstić information content (AvgIpc) is 2.46. The maximum absolute atomic E-state index is 6.24. The fourth-order valence-corrected chi connectivity index (χ4v) is 3.30. The van der Waals surface area contributed by atoms with Crippen LogP contribution in [0.1, 0.15) is 24.1 Å². The Morgan fingerprint density at radius 3 is 2.62 bits per heavy atom. The van der Waals surface area contributed by atoms with Crippen molar-refractivity contribution < 1.29 is 4.74 Å². The van der Waals surface area contributed by atoms with Crippen molar-refractivity contribution in [2.45, 2.75) is 13.0 Å². The monoisotopic (exact) mass is 479 g/mol. The molecule has 0 amide bonds. The Labute approximate surface area is 152 Å². The number of benzene rings is 2. The van der Waals surface area contributed by atoms with Crippen LogP contribution in [-0.4, -0.2) is 13.7 Å². The van der Waals surface area contributed by atoms with E-state index < -0.39 is 0 Å². The molecule has 0 spiro atoms. The third-order valence-corrected chi connectivity index (χ3v) is 5.42. The number of hydrogen-bond acceptors (Lipinski definition) is 2. The van der Waals surface area contributed by atoms with E-state index in [2.05, 4.69) is 56.0 Å². The van der Waals surface area contributed by atoms with Gasteiger partial charge < -0.3 is 10.1 Å². The van der Waals surface area contributed by atoms with Crippen molar-refractivity contribution in [3.8, 4) is 5.75 Å². The summed E-state index contributed by atoms with van der Waals surface area (Å²) >= 11 is 12.1. The van der Waals surface area contributed by atoms with Crippen molar-refractivity contribution in [2.24, 2.45) is 0 Å². The molecule has 0 saturated heterocycles. The zero-order valence-corrected chi connectivity index (χ0v) is 16.3. The van der Waals surface area contributed by atoms with E-state index in [1.54, 1.807) is 0 Å². The zero-order valence-electron chi connectivity index (χ0n) is 11.8. The van der Waals surface area contributed by atoms with Gasteiger partial charge in [0.05, 0.1) is 17.7 Å². The quantitative estimate of drug-likeness (QED) is 0.578. The Kier molecular flexibility index (Phi) is 6.34. The summed E-state index contributed by atoms with van der Waals surface area (Å²) in [6.07, 6.45) is 0. The molecule has 2 rings (SSSR count). The van der Waals surface area contributed by atoms with Gasteiger partial charge in [0.1, 0.15) is 5.75 Å². The molecule has 0 saturated carbocycles. The second-order valence-corrected chi connectivity index (χ2v) is 6.94. The summed E-state index contributed by atoms with van der Waals surface area (Å²) in [5, 5.41) is 4.12. The Morgan fingerprint density at radius 1 is 1.29 bits per heavy atom. The molecule has 0 heterocycles. The molecule has 0 radical (unpaired) electrons. The van der Waals surface area contributed by atoms with Crippen LogP contribution in [0.3, 0.4) is 0 Å². The van der Waals surface area contributed by atoms with E-state index >= 15 is 0 Å². The summed E-state index contributed by atoms with van der Waals surface area (Å²) in [5.74, 6) is 0.864. The zero-order chi connectivity index (χ0) is 15.4. The van der Waals surface area contributed by atoms with Gasteiger partial charge in [-0.2, -0.15) is 0 Å². The Balaban J connectivity index is 2.38. The second-order valence-electron chi connectivity index (χ2n) is 4.51. The first-order chi connectivity index (χ1) is 10.1. The minimum Gasteiger partial charge on any atom is -0.494 e. The van der Waals surface area contributed by atoms with Crippen molar-refractivity contribution in [1.82, 2.24) is 5.32 Å². The van der Waals surface area contributed by atoms with Crippen molar-refractivity contribution in [1.29, 1.82) is 0 Å². The van der Waals surface area contributed by atoms with Crippen molar-refractivity contribution in [3.63, 3.8) is 0 Å². The standard InChI is InChI=1S/C16H16BrClINO/c1-3-21-11-5-6-12(13(17)9-11)16(20-2)10-4-7-15(19)14(18)8-10/h4-9,16,20H,3H2,1-2H3. The van der Waals surface area contributed by atoms with Crippen LogP contribution in [0.25, 0.3) is 0 Å². The third-order valence-electron chi connectivity index (χ3n) is 3.16. The number of ether oxygens (including phenoxy) is 1. The summed E-state index contributed by atoms with van der Waals surface area (Å²) in [7, 11) is 1.94. The molecule has 0 fully saturated rings. The van der Waals surface area contributed by atoms with E-state index in [1.807, 2.05) is 38.2 Å². The van der Waals surface area contributed by atoms with Gasteiger partial charge in [-0.3, -0.25) is 0 Å². The van der Waals surface area contributed by atoms with Crippen molar-refractivity contribution in [3.05, 3.63) is 60.6 Å². The minimum atomic E-state index is 0.0737. The van der Waals surface area contributed by atoms with Gasteiger partial charge in [0.2, 0.25) is 0 Å². The van der Waals surface area contributed by atoms with Crippen LogP contribution in [0, 0.1) is 3.57 Å². The lowest BCUT2D eigenvalue weighted by molar-refractivity contribution is 0.340. The van der Waals surface area contributed by atoms with Crippen LogP contribution < -0.4 is 10.1 Å². The molecule has 2 aromatic rings. The lowest BCUT2D eigenvalue weighted by Crippen LogP contribution is -2.18. The fraction of sp³-hybridized carbons (Fsp3) is 0.250. The minimum absolute atomic E-state index is 0.0737. The summed E-state index contributed by atoms with van der Waals surface area (Å²) in [4.78, 5) is 0. The summed E-state index contributed by atoms with van der Waals surface area (Å²) in [6.45, 7) is 2.64. The Hall–Kier alpha value is -0.300. The molecule has 2 aromatic carbocycles. The highest BCUT2D eigenvalue weighted by Gasteiger charge is 2.16. The first-order valence-electron chi connectivity index (χ1n) is 6.61. The number of hydrogen-bond donors (Lipinski definition) is 1. The molecule has 5 heteroatoms. The highest BCUT2D eigenvalue weighted by atomic mass is 127. The third kappa shape index (κ3) is 4.12. The molecule has 1 atom stereocenters. The van der Waals surface area contributed by atoms with Crippen molar-refractivity contribution in [2.75, 3.05) is 13.7 Å². The molecule has 112 valence electrons. The van der Waals surface area contributed by atoms with Gasteiger partial charge in [0, 0.05) is 8.04 Å².